The molecule has 0 aromatic heterocycles. The van der Waals surface area contributed by atoms with Crippen LogP contribution < -0.4 is 0 Å². The molecule has 0 spiro atoms. The highest BCUT2D eigenvalue weighted by molar-refractivity contribution is 6.44. The van der Waals surface area contributed by atoms with Crippen LogP contribution in [0.3, 0.4) is 0 Å². The highest BCUT2D eigenvalue weighted by Crippen LogP contribution is 2.57. The van der Waals surface area contributed by atoms with Gasteiger partial charge in [0, 0.05) is 0 Å². The summed E-state index contributed by atoms with van der Waals surface area (Å²) in [5.74, 6) is 2.84. The third kappa shape index (κ3) is 44.2. The molecule has 0 aliphatic heterocycles. The zero-order valence-corrected chi connectivity index (χ0v) is 92.4. The quantitative estimate of drug-likeness (QED) is 0.0263. The zero-order chi connectivity index (χ0) is 96.8. The molecule has 4 atom stereocenters. The number of fused-ring (bicyclic) bond motifs is 2. The second-order valence-corrected chi connectivity index (χ2v) is 45.7. The van der Waals surface area contributed by atoms with Crippen molar-refractivity contribution < 1.29 is 0 Å². The summed E-state index contributed by atoms with van der Waals surface area (Å²) in [4.78, 5) is 0. The van der Waals surface area contributed by atoms with E-state index in [4.69, 9.17) is 0 Å². The summed E-state index contributed by atoms with van der Waals surface area (Å²) in [6.07, 6.45) is 116. The molecule has 0 fully saturated rings. The van der Waals surface area contributed by atoms with Crippen LogP contribution in [0.15, 0.2) is 133 Å². The Balaban J connectivity index is 1.19. The highest BCUT2D eigenvalue weighted by atomic mass is 14.3. The first-order valence-corrected chi connectivity index (χ1v) is 62.2. The van der Waals surface area contributed by atoms with Crippen LogP contribution in [-0.4, -0.2) is 0 Å². The molecular formula is C138H218. The Labute approximate surface area is 855 Å². The molecule has 9 rings (SSSR count). The third-order valence-electron chi connectivity index (χ3n) is 33.4. The average molecular weight is 1880 g/mol. The van der Waals surface area contributed by atoms with E-state index < -0.39 is 0 Å². The molecule has 0 bridgehead atoms. The van der Waals surface area contributed by atoms with Crippen molar-refractivity contribution in [1.29, 1.82) is 0 Å². The monoisotopic (exact) mass is 1880 g/mol. The summed E-state index contributed by atoms with van der Waals surface area (Å²) < 4.78 is 0. The molecule has 9 aromatic carbocycles. The molecule has 0 aliphatic rings. The van der Waals surface area contributed by atoms with Gasteiger partial charge in [0.1, 0.15) is 0 Å². The van der Waals surface area contributed by atoms with E-state index in [0.29, 0.717) is 23.7 Å². The fourth-order valence-electron chi connectivity index (χ4n) is 25.1. The van der Waals surface area contributed by atoms with E-state index in [1.807, 2.05) is 0 Å². The van der Waals surface area contributed by atoms with Crippen molar-refractivity contribution in [1.82, 2.24) is 0 Å². The fourth-order valence-corrected chi connectivity index (χ4v) is 25.1. The average Bonchev–Trinajstić information content (AvgIpc) is 1.52. The number of hydrogen-bond donors (Lipinski definition) is 0. The first kappa shape index (κ1) is 116. The van der Waals surface area contributed by atoms with E-state index >= 15 is 0 Å². The summed E-state index contributed by atoms with van der Waals surface area (Å²) in [5.41, 5.74) is 17.8. The lowest BCUT2D eigenvalue weighted by Gasteiger charge is -2.19. The van der Waals surface area contributed by atoms with Gasteiger partial charge >= 0.3 is 0 Å². The van der Waals surface area contributed by atoms with Crippen molar-refractivity contribution in [2.24, 2.45) is 23.7 Å². The van der Waals surface area contributed by atoms with Gasteiger partial charge in [0.25, 0.3) is 0 Å². The minimum Gasteiger partial charge on any atom is -0.0654 e. The van der Waals surface area contributed by atoms with Crippen LogP contribution in [-0.2, 0) is 25.7 Å². The molecule has 0 nitrogen and oxygen atoms in total. The van der Waals surface area contributed by atoms with Gasteiger partial charge in [-0.25, -0.2) is 0 Å². The second-order valence-electron chi connectivity index (χ2n) is 45.7. The summed E-state index contributed by atoms with van der Waals surface area (Å²) in [7, 11) is 0. The first-order chi connectivity index (χ1) is 68.4. The zero-order valence-electron chi connectivity index (χ0n) is 92.4. The lowest BCUT2D eigenvalue weighted by Crippen LogP contribution is -2.06. The molecule has 0 aliphatic carbocycles. The van der Waals surface area contributed by atoms with Crippen LogP contribution in [0.4, 0.5) is 0 Å². The first-order valence-electron chi connectivity index (χ1n) is 62.2. The molecule has 770 valence electrons. The minimum atomic E-state index is 0.707. The molecule has 0 amide bonds. The molecule has 0 heteroatoms. The van der Waals surface area contributed by atoms with Gasteiger partial charge in [-0.1, -0.05) is 703 Å². The van der Waals surface area contributed by atoms with Crippen molar-refractivity contribution in [3.63, 3.8) is 0 Å². The Morgan fingerprint density at radius 3 is 0.457 bits per heavy atom. The van der Waals surface area contributed by atoms with E-state index in [9.17, 15) is 0 Å². The fraction of sp³-hybridized carbons (Fsp3) is 0.696. The number of rotatable bonds is 92. The van der Waals surface area contributed by atoms with E-state index in [0.717, 1.165) is 0 Å². The topological polar surface area (TPSA) is 0 Å². The van der Waals surface area contributed by atoms with Gasteiger partial charge < -0.3 is 0 Å². The largest absolute Gasteiger partial charge is 0.0654 e. The molecule has 0 saturated carbocycles. The van der Waals surface area contributed by atoms with Crippen LogP contribution in [0.2, 0.25) is 0 Å². The van der Waals surface area contributed by atoms with Crippen LogP contribution in [0.25, 0.3) is 87.6 Å². The Hall–Kier alpha value is -5.46. The molecule has 138 heavy (non-hydrogen) atoms. The summed E-state index contributed by atoms with van der Waals surface area (Å²) in [6, 6.07) is 57.0. The van der Waals surface area contributed by atoms with E-state index in [1.165, 1.54) is 627 Å². The number of unbranched alkanes of at least 4 members (excludes halogenated alkanes) is 64. The predicted octanol–water partition coefficient (Wildman–Crippen LogP) is 47.8. The van der Waals surface area contributed by atoms with Gasteiger partial charge in [0.05, 0.1) is 0 Å². The third-order valence-corrected chi connectivity index (χ3v) is 33.4. The number of benzene rings is 7. The lowest BCUT2D eigenvalue weighted by atomic mass is 9.86. The Kier molecular flexibility index (Phi) is 63.4. The van der Waals surface area contributed by atoms with Crippen molar-refractivity contribution >= 4 is 43.1 Å². The van der Waals surface area contributed by atoms with Gasteiger partial charge in [-0.05, 0) is 159 Å². The van der Waals surface area contributed by atoms with Crippen molar-refractivity contribution in [2.75, 3.05) is 0 Å². The van der Waals surface area contributed by atoms with Gasteiger partial charge in [0.2, 0.25) is 0 Å². The standard InChI is InChI=1S/C138H218/c1-9-17-25-33-41-49-53-61-69-77-89-115(87-73-65-57-45-37-29-21-13-5)107-119-95-81-99-123(111-119)131-127-103-85-105-129-135(127)137(133(131)125-101-83-97-121(113-125)109-117(91-75-67-59-47-39-31-23-15-7)93-79-71-63-55-51-43-35-27-19-11-3)130-106-86-104-128-132(124-100-82-96-120(112-124)108-116(88-74-66-58-46-38-30-22-14-6)90-78-70-62-54-50-42-34-26-18-10-2)134(138(129)136(128)130)126-102-84-98-122(114-126)110-118(92-76-68-60-48-40-32-24-16-8)94-80-72-64-56-52-44-36-28-20-12-4/h81-86,95-106,111-118H,9-80,87-94,107-110H2,1-8H3. The lowest BCUT2D eigenvalue weighted by molar-refractivity contribution is 0.400. The molecule has 0 N–H and O–H groups in total. The van der Waals surface area contributed by atoms with Crippen LogP contribution in [0, 0.1) is 23.7 Å². The normalized spacial score (nSPS) is 12.9. The molecule has 0 saturated heterocycles. The van der Waals surface area contributed by atoms with Crippen LogP contribution in [0.1, 0.15) is 591 Å². The second kappa shape index (κ2) is 75.3. The van der Waals surface area contributed by atoms with Crippen molar-refractivity contribution in [3.8, 4) is 44.5 Å². The maximum absolute atomic E-state index is 2.76. The Morgan fingerprint density at radius 1 is 0.138 bits per heavy atom. The SMILES string of the molecule is CCCCCCCCCCCCC(CCCCCCCCCC)Cc1cccc(-c2c(-c3cccc(CC(CCCCCCCCCC)CCCCCCCCCCCC)c3)c3c4cccc5c(-c6cccc(CC(CCCCCCCCCC)CCCCCCCCCCCC)c6)c(-c6cccc(CC(CCCCCCCCCC)CCCCCCCCCCCC)c6)c(c6cccc2c63)c54)c1. The van der Waals surface area contributed by atoms with Crippen LogP contribution >= 0.6 is 0 Å². The Bertz CT molecular complexity index is 4120. The summed E-state index contributed by atoms with van der Waals surface area (Å²) in [6.45, 7) is 18.9. The summed E-state index contributed by atoms with van der Waals surface area (Å²) >= 11 is 0. The molecular weight excluding hydrogens is 1660 g/mol. The summed E-state index contributed by atoms with van der Waals surface area (Å²) in [5, 5.41) is 11.7. The van der Waals surface area contributed by atoms with E-state index in [2.05, 4.69) is 189 Å². The highest BCUT2D eigenvalue weighted by Gasteiger charge is 2.31. The predicted molar refractivity (Wildman–Crippen MR) is 624 cm³/mol. The Morgan fingerprint density at radius 2 is 0.283 bits per heavy atom. The van der Waals surface area contributed by atoms with Gasteiger partial charge in [-0.15, -0.1) is 0 Å². The van der Waals surface area contributed by atoms with Crippen LogP contribution in [0.5, 0.6) is 0 Å². The molecule has 0 radical (unpaired) electrons. The molecule has 0 heterocycles. The molecule has 4 unspecified atom stereocenters. The van der Waals surface area contributed by atoms with Crippen molar-refractivity contribution in [3.05, 3.63) is 156 Å². The van der Waals surface area contributed by atoms with Gasteiger partial charge in [0.15, 0.2) is 0 Å². The van der Waals surface area contributed by atoms with Gasteiger partial charge in [-0.2, -0.15) is 0 Å². The maximum Gasteiger partial charge on any atom is -0.000740 e. The maximum atomic E-state index is 2.76. The number of hydrogen-bond acceptors (Lipinski definition) is 0. The van der Waals surface area contributed by atoms with Gasteiger partial charge in [-0.3, -0.25) is 0 Å². The van der Waals surface area contributed by atoms with E-state index in [-0.39, 0.29) is 0 Å². The van der Waals surface area contributed by atoms with Crippen molar-refractivity contribution in [2.45, 2.75) is 595 Å². The smallest absolute Gasteiger partial charge is 0.000740 e. The minimum absolute atomic E-state index is 0.707. The van der Waals surface area contributed by atoms with E-state index in [1.54, 1.807) is 22.3 Å². The molecule has 9 aromatic rings.